The van der Waals surface area contributed by atoms with E-state index in [0.29, 0.717) is 11.9 Å². The summed E-state index contributed by atoms with van der Waals surface area (Å²) in [5, 5.41) is 8.05. The van der Waals surface area contributed by atoms with Gasteiger partial charge in [0, 0.05) is 25.0 Å². The summed E-state index contributed by atoms with van der Waals surface area (Å²) in [6.07, 6.45) is 1.94. The number of aromatic nitrogens is 2. The highest BCUT2D eigenvalue weighted by atomic mass is 79.9. The van der Waals surface area contributed by atoms with Gasteiger partial charge in [0.15, 0.2) is 0 Å². The van der Waals surface area contributed by atoms with E-state index in [1.807, 2.05) is 0 Å². The molecule has 1 aromatic heterocycles. The molecule has 3 nitrogen and oxygen atoms in total. The van der Waals surface area contributed by atoms with Crippen LogP contribution in [0.15, 0.2) is 4.47 Å². The average molecular weight is 323 g/mol. The number of nitrogens with zero attached hydrogens (tertiary/aromatic N) is 2. The van der Waals surface area contributed by atoms with Crippen LogP contribution in [0, 0.1) is 0 Å². The molecule has 0 spiro atoms. The van der Waals surface area contributed by atoms with Crippen LogP contribution in [0.3, 0.4) is 0 Å². The average Bonchev–Trinajstić information content (AvgIpc) is 2.63. The topological polar surface area (TPSA) is 29.9 Å². The fraction of sp³-hybridized carbons (Fsp3) is 0.750. The summed E-state index contributed by atoms with van der Waals surface area (Å²) >= 11 is 9.37. The van der Waals surface area contributed by atoms with E-state index in [1.165, 1.54) is 5.69 Å². The lowest BCUT2D eigenvalue weighted by atomic mass is 10.2. The van der Waals surface area contributed by atoms with Crippen LogP contribution in [0.1, 0.15) is 38.6 Å². The molecule has 0 saturated heterocycles. The van der Waals surface area contributed by atoms with Gasteiger partial charge in [-0.3, -0.25) is 4.68 Å². The summed E-state index contributed by atoms with van der Waals surface area (Å²) < 4.78 is 3.20. The van der Waals surface area contributed by atoms with E-state index >= 15 is 0 Å². The Morgan fingerprint density at radius 1 is 1.47 bits per heavy atom. The minimum atomic E-state index is 0.435. The Hall–Kier alpha value is -0.0600. The van der Waals surface area contributed by atoms with E-state index in [1.54, 1.807) is 0 Å². The lowest BCUT2D eigenvalue weighted by Crippen LogP contribution is -2.27. The fourth-order valence-electron chi connectivity index (χ4n) is 1.72. The second-order valence-corrected chi connectivity index (χ2v) is 5.31. The maximum absolute atomic E-state index is 5.73. The van der Waals surface area contributed by atoms with Crippen molar-refractivity contribution in [2.45, 2.75) is 52.7 Å². The zero-order valence-corrected chi connectivity index (χ0v) is 13.1. The third-order valence-corrected chi connectivity index (χ3v) is 3.99. The van der Waals surface area contributed by atoms with Crippen LogP contribution in [0.5, 0.6) is 0 Å². The first-order valence-electron chi connectivity index (χ1n) is 6.17. The lowest BCUT2D eigenvalue weighted by molar-refractivity contribution is 0.506. The van der Waals surface area contributed by atoms with E-state index in [0.717, 1.165) is 36.1 Å². The van der Waals surface area contributed by atoms with Gasteiger partial charge in [0.25, 0.3) is 0 Å². The van der Waals surface area contributed by atoms with Gasteiger partial charge in [-0.2, -0.15) is 5.10 Å². The highest BCUT2D eigenvalue weighted by Gasteiger charge is 2.14. The number of halogens is 2. The molecule has 1 atom stereocenters. The van der Waals surface area contributed by atoms with Gasteiger partial charge in [0.1, 0.15) is 0 Å². The second-order valence-electron chi connectivity index (χ2n) is 4.14. The molecule has 0 radical (unpaired) electrons. The molecule has 0 aliphatic heterocycles. The van der Waals surface area contributed by atoms with Crippen LogP contribution in [-0.2, 0) is 19.5 Å². The van der Waals surface area contributed by atoms with Crippen molar-refractivity contribution in [3.05, 3.63) is 15.9 Å². The Balaban J connectivity index is 2.72. The molecule has 0 fully saturated rings. The van der Waals surface area contributed by atoms with Crippen LogP contribution >= 0.6 is 27.5 Å². The monoisotopic (exact) mass is 321 g/mol. The molecule has 0 aromatic carbocycles. The standard InChI is InChI=1S/C12H21BrClN3/c1-4-10-12(13)11(17(5-2)16-10)8-15-9(3)6-7-14/h9,15H,4-8H2,1-3H3. The molecule has 1 aromatic rings. The molecular formula is C12H21BrClN3. The van der Waals surface area contributed by atoms with Crippen molar-refractivity contribution in [1.29, 1.82) is 0 Å². The first-order chi connectivity index (χ1) is 8.13. The number of nitrogens with one attached hydrogen (secondary N) is 1. The SMILES string of the molecule is CCc1nn(CC)c(CNC(C)CCCl)c1Br. The molecule has 17 heavy (non-hydrogen) atoms. The van der Waals surface area contributed by atoms with Crippen molar-refractivity contribution < 1.29 is 0 Å². The highest BCUT2D eigenvalue weighted by Crippen LogP contribution is 2.22. The second kappa shape index (κ2) is 7.39. The first-order valence-corrected chi connectivity index (χ1v) is 7.50. The molecule has 1 rings (SSSR count). The Morgan fingerprint density at radius 2 is 2.18 bits per heavy atom. The van der Waals surface area contributed by atoms with E-state index in [2.05, 4.69) is 51.8 Å². The van der Waals surface area contributed by atoms with Crippen LogP contribution in [0.2, 0.25) is 0 Å². The number of hydrogen-bond acceptors (Lipinski definition) is 2. The highest BCUT2D eigenvalue weighted by molar-refractivity contribution is 9.10. The van der Waals surface area contributed by atoms with Crippen molar-refractivity contribution in [3.63, 3.8) is 0 Å². The molecule has 0 aliphatic rings. The Kier molecular flexibility index (Phi) is 6.52. The zero-order chi connectivity index (χ0) is 12.8. The molecule has 1 N–H and O–H groups in total. The zero-order valence-electron chi connectivity index (χ0n) is 10.8. The molecule has 0 bridgehead atoms. The molecular weight excluding hydrogens is 302 g/mol. The summed E-state index contributed by atoms with van der Waals surface area (Å²) in [7, 11) is 0. The van der Waals surface area contributed by atoms with Gasteiger partial charge >= 0.3 is 0 Å². The maximum atomic E-state index is 5.73. The minimum Gasteiger partial charge on any atom is -0.309 e. The van der Waals surface area contributed by atoms with E-state index in [-0.39, 0.29) is 0 Å². The largest absolute Gasteiger partial charge is 0.309 e. The van der Waals surface area contributed by atoms with E-state index < -0.39 is 0 Å². The Bertz CT molecular complexity index is 352. The number of rotatable bonds is 7. The quantitative estimate of drug-likeness (QED) is 0.780. The van der Waals surface area contributed by atoms with E-state index in [9.17, 15) is 0 Å². The summed E-state index contributed by atoms with van der Waals surface area (Å²) in [6, 6.07) is 0.435. The van der Waals surface area contributed by atoms with Crippen molar-refractivity contribution in [3.8, 4) is 0 Å². The fourth-order valence-corrected chi connectivity index (χ4v) is 2.75. The maximum Gasteiger partial charge on any atom is 0.0767 e. The molecule has 0 saturated carbocycles. The molecule has 1 heterocycles. The Morgan fingerprint density at radius 3 is 2.71 bits per heavy atom. The van der Waals surface area contributed by atoms with Crippen molar-refractivity contribution in [2.75, 3.05) is 5.88 Å². The summed E-state index contributed by atoms with van der Waals surface area (Å²) in [5.41, 5.74) is 2.36. The van der Waals surface area contributed by atoms with Gasteiger partial charge in [-0.05, 0) is 42.6 Å². The normalized spacial score (nSPS) is 13.0. The van der Waals surface area contributed by atoms with Gasteiger partial charge in [-0.1, -0.05) is 6.92 Å². The van der Waals surface area contributed by atoms with Gasteiger partial charge in [-0.25, -0.2) is 0 Å². The van der Waals surface area contributed by atoms with Crippen LogP contribution < -0.4 is 5.32 Å². The third-order valence-electron chi connectivity index (χ3n) is 2.85. The predicted octanol–water partition coefficient (Wildman–Crippen LogP) is 3.33. The van der Waals surface area contributed by atoms with Crippen molar-refractivity contribution in [1.82, 2.24) is 15.1 Å². The third kappa shape index (κ3) is 3.97. The number of aryl methyl sites for hydroxylation is 2. The van der Waals surface area contributed by atoms with E-state index in [4.69, 9.17) is 11.6 Å². The van der Waals surface area contributed by atoms with Gasteiger partial charge < -0.3 is 5.32 Å². The van der Waals surface area contributed by atoms with Crippen LogP contribution in [0.4, 0.5) is 0 Å². The molecule has 5 heteroatoms. The van der Waals surface area contributed by atoms with Crippen molar-refractivity contribution in [2.24, 2.45) is 0 Å². The van der Waals surface area contributed by atoms with Gasteiger partial charge in [0.05, 0.1) is 15.9 Å². The van der Waals surface area contributed by atoms with Crippen LogP contribution in [0.25, 0.3) is 0 Å². The van der Waals surface area contributed by atoms with Crippen LogP contribution in [-0.4, -0.2) is 21.7 Å². The molecule has 98 valence electrons. The van der Waals surface area contributed by atoms with Gasteiger partial charge in [0.2, 0.25) is 0 Å². The predicted molar refractivity (Wildman–Crippen MR) is 76.6 cm³/mol. The smallest absolute Gasteiger partial charge is 0.0767 e. The molecule has 0 amide bonds. The minimum absolute atomic E-state index is 0.435. The number of alkyl halides is 1. The first kappa shape index (κ1) is 15.0. The molecule has 1 unspecified atom stereocenters. The lowest BCUT2D eigenvalue weighted by Gasteiger charge is -2.13. The summed E-state index contributed by atoms with van der Waals surface area (Å²) in [4.78, 5) is 0. The summed E-state index contributed by atoms with van der Waals surface area (Å²) in [5.74, 6) is 0.697. The molecule has 0 aliphatic carbocycles. The van der Waals surface area contributed by atoms with Crippen molar-refractivity contribution >= 4 is 27.5 Å². The summed E-state index contributed by atoms with van der Waals surface area (Å²) in [6.45, 7) is 8.13. The van der Waals surface area contributed by atoms with Gasteiger partial charge in [-0.15, -0.1) is 11.6 Å². The Labute approximate surface area is 117 Å². The number of hydrogen-bond donors (Lipinski definition) is 1.